The number of ether oxygens (including phenoxy) is 2. The molecule has 4 heteroatoms. The number of aryl methyl sites for hydroxylation is 1. The molecule has 0 aliphatic rings. The number of benzene rings is 1. The zero-order chi connectivity index (χ0) is 13.9. The molecule has 1 aromatic carbocycles. The quantitative estimate of drug-likeness (QED) is 0.634. The predicted octanol–water partition coefficient (Wildman–Crippen LogP) is 1.84. The van der Waals surface area contributed by atoms with Gasteiger partial charge in [0.25, 0.3) is 0 Å². The lowest BCUT2D eigenvalue weighted by molar-refractivity contribution is 0.393. The number of hydrogen-bond donors (Lipinski definition) is 2. The Labute approximate surface area is 116 Å². The molecule has 1 rings (SSSR count). The average Bonchev–Trinajstić information content (AvgIpc) is 2.45. The summed E-state index contributed by atoms with van der Waals surface area (Å²) in [7, 11) is 5.35. The van der Waals surface area contributed by atoms with Gasteiger partial charge in [0.15, 0.2) is 0 Å². The molecule has 0 saturated carbocycles. The van der Waals surface area contributed by atoms with Crippen LogP contribution in [0.4, 0.5) is 0 Å². The third-order valence-corrected chi connectivity index (χ3v) is 3.01. The van der Waals surface area contributed by atoms with E-state index < -0.39 is 0 Å². The van der Waals surface area contributed by atoms with Crippen LogP contribution in [0.3, 0.4) is 0 Å². The molecule has 0 aliphatic carbocycles. The topological polar surface area (TPSA) is 42.5 Å². The molecule has 108 valence electrons. The maximum Gasteiger partial charge on any atom is 0.122 e. The van der Waals surface area contributed by atoms with Gasteiger partial charge in [0, 0.05) is 6.07 Å². The summed E-state index contributed by atoms with van der Waals surface area (Å²) in [5.74, 6) is 1.72. The standard InChI is InChI=1S/C15H26N2O2/c1-16-7-5-9-17-8-4-6-13-10-14(18-2)12-15(11-13)19-3/h10-12,16-17H,4-9H2,1-3H3. The van der Waals surface area contributed by atoms with E-state index in [9.17, 15) is 0 Å². The van der Waals surface area contributed by atoms with Crippen molar-refractivity contribution in [2.45, 2.75) is 19.3 Å². The fourth-order valence-corrected chi connectivity index (χ4v) is 1.94. The Morgan fingerprint density at radius 1 is 0.895 bits per heavy atom. The summed E-state index contributed by atoms with van der Waals surface area (Å²) in [6.45, 7) is 3.19. The minimum Gasteiger partial charge on any atom is -0.497 e. The van der Waals surface area contributed by atoms with Gasteiger partial charge in [-0.1, -0.05) is 0 Å². The van der Waals surface area contributed by atoms with Gasteiger partial charge in [0.05, 0.1) is 14.2 Å². The van der Waals surface area contributed by atoms with Crippen molar-refractivity contribution in [1.82, 2.24) is 10.6 Å². The highest BCUT2D eigenvalue weighted by Crippen LogP contribution is 2.23. The number of hydrogen-bond acceptors (Lipinski definition) is 4. The summed E-state index contributed by atoms with van der Waals surface area (Å²) in [6, 6.07) is 6.05. The van der Waals surface area contributed by atoms with Crippen LogP contribution in [0.1, 0.15) is 18.4 Å². The Morgan fingerprint density at radius 3 is 2.11 bits per heavy atom. The zero-order valence-electron chi connectivity index (χ0n) is 12.3. The highest BCUT2D eigenvalue weighted by Gasteiger charge is 2.01. The molecular formula is C15H26N2O2. The molecule has 4 nitrogen and oxygen atoms in total. The van der Waals surface area contributed by atoms with Crippen LogP contribution in [-0.4, -0.2) is 40.9 Å². The van der Waals surface area contributed by atoms with Gasteiger partial charge in [-0.2, -0.15) is 0 Å². The van der Waals surface area contributed by atoms with E-state index in [-0.39, 0.29) is 0 Å². The van der Waals surface area contributed by atoms with Crippen LogP contribution in [-0.2, 0) is 6.42 Å². The first-order valence-corrected chi connectivity index (χ1v) is 6.87. The SMILES string of the molecule is CNCCCNCCCc1cc(OC)cc(OC)c1. The van der Waals surface area contributed by atoms with Crippen LogP contribution >= 0.6 is 0 Å². The molecule has 0 radical (unpaired) electrons. The minimum absolute atomic E-state index is 0.858. The van der Waals surface area contributed by atoms with Gasteiger partial charge >= 0.3 is 0 Å². The second-order valence-electron chi connectivity index (χ2n) is 4.53. The summed E-state index contributed by atoms with van der Waals surface area (Å²) in [4.78, 5) is 0. The molecule has 0 bridgehead atoms. The van der Waals surface area contributed by atoms with Crippen LogP contribution in [0.15, 0.2) is 18.2 Å². The fourth-order valence-electron chi connectivity index (χ4n) is 1.94. The Hall–Kier alpha value is -1.26. The van der Waals surface area contributed by atoms with E-state index in [1.165, 1.54) is 12.0 Å². The molecule has 2 N–H and O–H groups in total. The van der Waals surface area contributed by atoms with Gasteiger partial charge in [-0.15, -0.1) is 0 Å². The van der Waals surface area contributed by atoms with Gasteiger partial charge in [-0.05, 0) is 63.6 Å². The van der Waals surface area contributed by atoms with E-state index in [1.807, 2.05) is 13.1 Å². The maximum absolute atomic E-state index is 5.27. The highest BCUT2D eigenvalue weighted by molar-refractivity contribution is 5.38. The van der Waals surface area contributed by atoms with Gasteiger partial charge in [0.2, 0.25) is 0 Å². The van der Waals surface area contributed by atoms with Gasteiger partial charge in [-0.3, -0.25) is 0 Å². The first kappa shape index (κ1) is 15.8. The van der Waals surface area contributed by atoms with Crippen molar-refractivity contribution in [3.63, 3.8) is 0 Å². The summed E-state index contributed by atoms with van der Waals surface area (Å²) >= 11 is 0. The first-order chi connectivity index (χ1) is 9.30. The summed E-state index contributed by atoms with van der Waals surface area (Å²) in [5, 5.41) is 6.59. The average molecular weight is 266 g/mol. The Morgan fingerprint density at radius 2 is 1.53 bits per heavy atom. The largest absolute Gasteiger partial charge is 0.497 e. The smallest absolute Gasteiger partial charge is 0.122 e. The molecule has 0 aromatic heterocycles. The van der Waals surface area contributed by atoms with E-state index in [4.69, 9.17) is 9.47 Å². The lowest BCUT2D eigenvalue weighted by Crippen LogP contribution is -2.21. The molecule has 1 aromatic rings. The van der Waals surface area contributed by atoms with Crippen LogP contribution in [0.5, 0.6) is 11.5 Å². The van der Waals surface area contributed by atoms with Crippen LogP contribution < -0.4 is 20.1 Å². The van der Waals surface area contributed by atoms with Crippen LogP contribution in [0.2, 0.25) is 0 Å². The normalized spacial score (nSPS) is 10.5. The summed E-state index contributed by atoms with van der Waals surface area (Å²) < 4.78 is 10.5. The molecule has 0 amide bonds. The molecular weight excluding hydrogens is 240 g/mol. The predicted molar refractivity (Wildman–Crippen MR) is 79.3 cm³/mol. The lowest BCUT2D eigenvalue weighted by Gasteiger charge is -2.09. The molecule has 0 atom stereocenters. The van der Waals surface area contributed by atoms with E-state index in [1.54, 1.807) is 14.2 Å². The van der Waals surface area contributed by atoms with Crippen molar-refractivity contribution in [2.75, 3.05) is 40.9 Å². The summed E-state index contributed by atoms with van der Waals surface area (Å²) in [6.07, 6.45) is 3.33. The van der Waals surface area contributed by atoms with E-state index in [2.05, 4.69) is 22.8 Å². The van der Waals surface area contributed by atoms with Crippen molar-refractivity contribution in [3.05, 3.63) is 23.8 Å². The Balaban J connectivity index is 2.28. The van der Waals surface area contributed by atoms with Crippen LogP contribution in [0, 0.1) is 0 Å². The number of rotatable bonds is 10. The Bertz CT molecular complexity index is 334. The van der Waals surface area contributed by atoms with Crippen molar-refractivity contribution in [2.24, 2.45) is 0 Å². The molecule has 0 spiro atoms. The maximum atomic E-state index is 5.27. The second-order valence-corrected chi connectivity index (χ2v) is 4.53. The van der Waals surface area contributed by atoms with Crippen molar-refractivity contribution in [1.29, 1.82) is 0 Å². The molecule has 19 heavy (non-hydrogen) atoms. The second kappa shape index (κ2) is 9.64. The third-order valence-electron chi connectivity index (χ3n) is 3.01. The summed E-state index contributed by atoms with van der Waals surface area (Å²) in [5.41, 5.74) is 1.26. The zero-order valence-corrected chi connectivity index (χ0v) is 12.3. The van der Waals surface area contributed by atoms with Gasteiger partial charge in [-0.25, -0.2) is 0 Å². The monoisotopic (exact) mass is 266 g/mol. The van der Waals surface area contributed by atoms with Gasteiger partial charge < -0.3 is 20.1 Å². The van der Waals surface area contributed by atoms with Crippen molar-refractivity contribution in [3.8, 4) is 11.5 Å². The third kappa shape index (κ3) is 6.45. The lowest BCUT2D eigenvalue weighted by atomic mass is 10.1. The Kier molecular flexibility index (Phi) is 8.02. The number of methoxy groups -OCH3 is 2. The number of nitrogens with one attached hydrogen (secondary N) is 2. The van der Waals surface area contributed by atoms with Crippen molar-refractivity contribution >= 4 is 0 Å². The van der Waals surface area contributed by atoms with E-state index >= 15 is 0 Å². The first-order valence-electron chi connectivity index (χ1n) is 6.87. The highest BCUT2D eigenvalue weighted by atomic mass is 16.5. The molecule has 0 heterocycles. The molecule has 0 aliphatic heterocycles. The van der Waals surface area contributed by atoms with Crippen molar-refractivity contribution < 1.29 is 9.47 Å². The van der Waals surface area contributed by atoms with E-state index in [0.29, 0.717) is 0 Å². The molecule has 0 fully saturated rings. The van der Waals surface area contributed by atoms with Gasteiger partial charge in [0.1, 0.15) is 11.5 Å². The minimum atomic E-state index is 0.858. The molecule has 0 saturated heterocycles. The van der Waals surface area contributed by atoms with Crippen LogP contribution in [0.25, 0.3) is 0 Å². The fraction of sp³-hybridized carbons (Fsp3) is 0.600. The van der Waals surface area contributed by atoms with E-state index in [0.717, 1.165) is 44.0 Å². The molecule has 0 unspecified atom stereocenters.